The third-order valence-electron chi connectivity index (χ3n) is 6.04. The third kappa shape index (κ3) is 5.13. The van der Waals surface area contributed by atoms with E-state index in [-0.39, 0.29) is 36.1 Å². The number of halogens is 1. The van der Waals surface area contributed by atoms with Gasteiger partial charge < -0.3 is 25.0 Å². The molecule has 34 heavy (non-hydrogen) atoms. The summed E-state index contributed by atoms with van der Waals surface area (Å²) < 4.78 is 24.7. The first-order chi connectivity index (χ1) is 16.3. The molecule has 2 N–H and O–H groups in total. The predicted octanol–water partition coefficient (Wildman–Crippen LogP) is 2.73. The fraction of sp³-hybridized carbons (Fsp3) is 0.400. The molecular weight excluding hydrogens is 441 g/mol. The van der Waals surface area contributed by atoms with Crippen molar-refractivity contribution in [3.05, 3.63) is 59.4 Å². The van der Waals surface area contributed by atoms with Crippen LogP contribution in [0.1, 0.15) is 47.4 Å². The highest BCUT2D eigenvalue weighted by Gasteiger charge is 2.35. The van der Waals surface area contributed by atoms with Crippen LogP contribution in [0.5, 0.6) is 11.5 Å². The molecule has 3 amide bonds. The molecule has 0 spiro atoms. The van der Waals surface area contributed by atoms with Gasteiger partial charge in [0, 0.05) is 24.7 Å². The molecule has 1 saturated heterocycles. The molecule has 2 aromatic carbocycles. The van der Waals surface area contributed by atoms with Crippen molar-refractivity contribution in [3.63, 3.8) is 0 Å². The third-order valence-corrected chi connectivity index (χ3v) is 6.04. The van der Waals surface area contributed by atoms with Crippen molar-refractivity contribution in [2.75, 3.05) is 19.9 Å². The highest BCUT2D eigenvalue weighted by molar-refractivity contribution is 5.98. The van der Waals surface area contributed by atoms with Crippen LogP contribution < -0.4 is 20.1 Å². The smallest absolute Gasteiger partial charge is 0.256 e. The van der Waals surface area contributed by atoms with Gasteiger partial charge in [0.05, 0.1) is 5.56 Å². The predicted molar refractivity (Wildman–Crippen MR) is 122 cm³/mol. The van der Waals surface area contributed by atoms with E-state index in [9.17, 15) is 18.8 Å². The first kappa shape index (κ1) is 23.5. The minimum Gasteiger partial charge on any atom is -0.454 e. The molecular formula is C25H28FN3O5. The van der Waals surface area contributed by atoms with Crippen LogP contribution in [0, 0.1) is 11.7 Å². The van der Waals surface area contributed by atoms with E-state index in [0.717, 1.165) is 0 Å². The van der Waals surface area contributed by atoms with E-state index < -0.39 is 17.8 Å². The average Bonchev–Trinajstić information content (AvgIpc) is 3.30. The van der Waals surface area contributed by atoms with Crippen LogP contribution in [0.2, 0.25) is 0 Å². The number of amides is 3. The van der Waals surface area contributed by atoms with Gasteiger partial charge in [0.2, 0.25) is 12.7 Å². The molecule has 2 aromatic rings. The van der Waals surface area contributed by atoms with Gasteiger partial charge >= 0.3 is 0 Å². The Morgan fingerprint density at radius 1 is 1.00 bits per heavy atom. The van der Waals surface area contributed by atoms with Crippen molar-refractivity contribution in [2.24, 2.45) is 5.92 Å². The molecule has 4 rings (SSSR count). The summed E-state index contributed by atoms with van der Waals surface area (Å²) in [4.78, 5) is 40.3. The maximum absolute atomic E-state index is 14.1. The van der Waals surface area contributed by atoms with E-state index in [1.54, 1.807) is 35.2 Å². The molecule has 1 atom stereocenters. The van der Waals surface area contributed by atoms with Crippen LogP contribution in [-0.4, -0.2) is 54.6 Å². The van der Waals surface area contributed by atoms with Crippen LogP contribution >= 0.6 is 0 Å². The molecule has 9 heteroatoms. The van der Waals surface area contributed by atoms with Crippen molar-refractivity contribution >= 4 is 17.7 Å². The Balaban J connectivity index is 1.45. The molecule has 0 saturated carbocycles. The Kier molecular flexibility index (Phi) is 7.00. The largest absolute Gasteiger partial charge is 0.454 e. The number of carbonyl (C=O) groups excluding carboxylic acids is 3. The Bertz CT molecular complexity index is 1080. The van der Waals surface area contributed by atoms with Gasteiger partial charge in [-0.25, -0.2) is 4.39 Å². The van der Waals surface area contributed by atoms with Gasteiger partial charge in [0.25, 0.3) is 11.8 Å². The normalized spacial score (nSPS) is 16.3. The van der Waals surface area contributed by atoms with E-state index in [2.05, 4.69) is 10.6 Å². The fourth-order valence-electron chi connectivity index (χ4n) is 4.27. The van der Waals surface area contributed by atoms with Crippen LogP contribution in [0.25, 0.3) is 0 Å². The molecule has 2 heterocycles. The van der Waals surface area contributed by atoms with Gasteiger partial charge in [0.1, 0.15) is 11.9 Å². The molecule has 8 nitrogen and oxygen atoms in total. The zero-order chi connectivity index (χ0) is 24.2. The second-order valence-corrected chi connectivity index (χ2v) is 8.79. The lowest BCUT2D eigenvalue weighted by Gasteiger charge is -2.36. The van der Waals surface area contributed by atoms with Gasteiger partial charge in [0.15, 0.2) is 11.5 Å². The summed E-state index contributed by atoms with van der Waals surface area (Å²) in [6.07, 6.45) is 0.996. The topological polar surface area (TPSA) is 97.0 Å². The summed E-state index contributed by atoms with van der Waals surface area (Å²) in [6, 6.07) is 9.89. The zero-order valence-corrected chi connectivity index (χ0v) is 19.2. The molecule has 1 fully saturated rings. The number of likely N-dealkylation sites (tertiary alicyclic amines) is 1. The number of ether oxygens (including phenoxy) is 2. The summed E-state index contributed by atoms with van der Waals surface area (Å²) in [5.41, 5.74) is 0.393. The molecule has 0 radical (unpaired) electrons. The van der Waals surface area contributed by atoms with Crippen molar-refractivity contribution in [1.82, 2.24) is 15.5 Å². The lowest BCUT2D eigenvalue weighted by atomic mass is 9.88. The molecule has 2 aliphatic heterocycles. The molecule has 2 aliphatic rings. The highest BCUT2D eigenvalue weighted by atomic mass is 19.1. The maximum Gasteiger partial charge on any atom is 0.256 e. The second kappa shape index (κ2) is 10.1. The van der Waals surface area contributed by atoms with Gasteiger partial charge in [-0.15, -0.1) is 0 Å². The SMILES string of the molecule is CC(C)NC(=O)[C@H](NC(=O)c1ccc2c(c1)OCO2)C1CCN(C(=O)c2ccccc2F)CC1. The lowest BCUT2D eigenvalue weighted by molar-refractivity contribution is -0.125. The van der Waals surface area contributed by atoms with Crippen LogP contribution in [-0.2, 0) is 4.79 Å². The highest BCUT2D eigenvalue weighted by Crippen LogP contribution is 2.32. The van der Waals surface area contributed by atoms with Crippen molar-refractivity contribution in [1.29, 1.82) is 0 Å². The number of nitrogens with one attached hydrogen (secondary N) is 2. The summed E-state index contributed by atoms with van der Waals surface area (Å²) in [5.74, 6) is -0.728. The van der Waals surface area contributed by atoms with Gasteiger partial charge in [-0.3, -0.25) is 14.4 Å². The number of piperidine rings is 1. The standard InChI is InChI=1S/C25H28FN3O5/c1-15(2)27-24(31)22(28-23(30)17-7-8-20-21(13-17)34-14-33-20)16-9-11-29(12-10-16)25(32)18-5-3-4-6-19(18)26/h3-8,13,15-16,22H,9-12,14H2,1-2H3,(H,27,31)(H,28,30)/t22-/m1/s1. The van der Waals surface area contributed by atoms with E-state index in [0.29, 0.717) is 43.0 Å². The minimum atomic E-state index is -0.772. The van der Waals surface area contributed by atoms with Gasteiger partial charge in [-0.1, -0.05) is 12.1 Å². The number of fused-ring (bicyclic) bond motifs is 1. The zero-order valence-electron chi connectivity index (χ0n) is 19.2. The van der Waals surface area contributed by atoms with E-state index in [1.807, 2.05) is 13.8 Å². The van der Waals surface area contributed by atoms with Gasteiger partial charge in [-0.2, -0.15) is 0 Å². The number of hydrogen-bond acceptors (Lipinski definition) is 5. The number of nitrogens with zero attached hydrogens (tertiary/aromatic N) is 1. The number of rotatable bonds is 6. The molecule has 180 valence electrons. The average molecular weight is 470 g/mol. The number of benzene rings is 2. The van der Waals surface area contributed by atoms with Crippen molar-refractivity contribution in [2.45, 2.75) is 38.8 Å². The monoisotopic (exact) mass is 469 g/mol. The Morgan fingerprint density at radius 3 is 2.41 bits per heavy atom. The van der Waals surface area contributed by atoms with E-state index >= 15 is 0 Å². The Labute approximate surface area is 197 Å². The van der Waals surface area contributed by atoms with Crippen molar-refractivity contribution < 1.29 is 28.2 Å². The maximum atomic E-state index is 14.1. The summed E-state index contributed by atoms with van der Waals surface area (Å²) in [6.45, 7) is 4.53. The quantitative estimate of drug-likeness (QED) is 0.678. The minimum absolute atomic E-state index is 0.0335. The molecule has 0 aromatic heterocycles. The summed E-state index contributed by atoms with van der Waals surface area (Å²) in [5, 5.41) is 5.75. The van der Waals surface area contributed by atoms with Gasteiger partial charge in [-0.05, 0) is 62.9 Å². The second-order valence-electron chi connectivity index (χ2n) is 8.79. The van der Waals surface area contributed by atoms with E-state index in [1.165, 1.54) is 12.1 Å². The Hall–Kier alpha value is -3.62. The summed E-state index contributed by atoms with van der Waals surface area (Å²) >= 11 is 0. The first-order valence-corrected chi connectivity index (χ1v) is 11.4. The van der Waals surface area contributed by atoms with Crippen LogP contribution in [0.4, 0.5) is 4.39 Å². The summed E-state index contributed by atoms with van der Waals surface area (Å²) in [7, 11) is 0. The molecule has 0 bridgehead atoms. The first-order valence-electron chi connectivity index (χ1n) is 11.4. The lowest BCUT2D eigenvalue weighted by Crippen LogP contribution is -2.54. The number of hydrogen-bond donors (Lipinski definition) is 2. The Morgan fingerprint density at radius 2 is 1.71 bits per heavy atom. The molecule has 0 aliphatic carbocycles. The van der Waals surface area contributed by atoms with Crippen molar-refractivity contribution in [3.8, 4) is 11.5 Å². The number of carbonyl (C=O) groups is 3. The fourth-order valence-corrected chi connectivity index (χ4v) is 4.27. The molecule has 0 unspecified atom stereocenters. The van der Waals surface area contributed by atoms with Crippen LogP contribution in [0.3, 0.4) is 0 Å². The van der Waals surface area contributed by atoms with E-state index in [4.69, 9.17) is 9.47 Å². The van der Waals surface area contributed by atoms with Crippen LogP contribution in [0.15, 0.2) is 42.5 Å².